The van der Waals surface area contributed by atoms with Crippen LogP contribution in [-0.2, 0) is 19.4 Å². The molecule has 0 bridgehead atoms. The summed E-state index contributed by atoms with van der Waals surface area (Å²) in [6.45, 7) is 7.16. The zero-order chi connectivity index (χ0) is 32.1. The Balaban J connectivity index is 0.000000436. The molecule has 10 heteroatoms. The molecule has 4 heterocycles. The molecule has 0 radical (unpaired) electrons. The Kier molecular flexibility index (Phi) is 9.73. The van der Waals surface area contributed by atoms with E-state index in [0.717, 1.165) is 37.7 Å². The van der Waals surface area contributed by atoms with Crippen molar-refractivity contribution in [3.63, 3.8) is 0 Å². The third kappa shape index (κ3) is 7.29. The molecule has 0 fully saturated rings. The molecule has 45 heavy (non-hydrogen) atoms. The van der Waals surface area contributed by atoms with Gasteiger partial charge in [-0.1, -0.05) is 43.7 Å². The number of ether oxygens (including phenoxy) is 1. The number of carbonyl (C=O) groups is 2. The molecule has 6 rings (SSSR count). The number of amides is 2. The Bertz CT molecular complexity index is 1830. The van der Waals surface area contributed by atoms with Crippen molar-refractivity contribution in [3.8, 4) is 16.2 Å². The van der Waals surface area contributed by atoms with Crippen LogP contribution in [-0.4, -0.2) is 35.4 Å². The van der Waals surface area contributed by atoms with Crippen LogP contribution in [0.15, 0.2) is 66.9 Å². The summed E-state index contributed by atoms with van der Waals surface area (Å²) in [6.07, 6.45) is 2.96. The van der Waals surface area contributed by atoms with Crippen molar-refractivity contribution < 1.29 is 18.7 Å². The number of hydrogen-bond donors (Lipinski definition) is 3. The second-order valence-corrected chi connectivity index (χ2v) is 12.3. The highest BCUT2D eigenvalue weighted by molar-refractivity contribution is 7.22. The second-order valence-electron chi connectivity index (χ2n) is 11.3. The van der Waals surface area contributed by atoms with Gasteiger partial charge in [0.05, 0.1) is 34.3 Å². The first-order valence-corrected chi connectivity index (χ1v) is 15.6. The van der Waals surface area contributed by atoms with Gasteiger partial charge in [0.25, 0.3) is 11.8 Å². The van der Waals surface area contributed by atoms with Crippen molar-refractivity contribution in [2.75, 3.05) is 19.0 Å². The first-order chi connectivity index (χ1) is 21.6. The molecule has 0 unspecified atom stereocenters. The second kappa shape index (κ2) is 13.9. The van der Waals surface area contributed by atoms with Gasteiger partial charge in [-0.25, -0.2) is 9.37 Å². The standard InChI is InChI=1S/C28H29N5O3S.C7H7F/c1-15(2)11-20-22(26(29)34)24(23-19(33-20)8-10-31-28(23)35)21-13-17-7-9-30-27(25(17)37-21)32-14-16-5-4-6-18(12-16)36-3;1-6-2-4-7(8)5-3-6/h4-7,9,12-13,15H,8,10-11,14H2,1-3H3,(H2,29,34)(H,30,32)(H,31,35);2-5H,1H3. The van der Waals surface area contributed by atoms with Crippen LogP contribution in [0.1, 0.15) is 57.1 Å². The summed E-state index contributed by atoms with van der Waals surface area (Å²) >= 11 is 1.49. The average molecular weight is 626 g/mol. The molecule has 232 valence electrons. The fourth-order valence-corrected chi connectivity index (χ4v) is 6.44. The predicted molar refractivity (Wildman–Crippen MR) is 177 cm³/mol. The molecule has 0 atom stereocenters. The summed E-state index contributed by atoms with van der Waals surface area (Å²) in [5.41, 5.74) is 10.8. The van der Waals surface area contributed by atoms with Crippen molar-refractivity contribution in [3.05, 3.63) is 106 Å². The van der Waals surface area contributed by atoms with E-state index in [1.165, 1.54) is 23.5 Å². The molecule has 1 aliphatic heterocycles. The Hall–Kier alpha value is -4.83. The van der Waals surface area contributed by atoms with Crippen LogP contribution in [0.4, 0.5) is 10.2 Å². The fourth-order valence-electron chi connectivity index (χ4n) is 5.26. The van der Waals surface area contributed by atoms with Crippen molar-refractivity contribution in [2.45, 2.75) is 40.2 Å². The van der Waals surface area contributed by atoms with Gasteiger partial charge < -0.3 is 21.1 Å². The molecule has 0 saturated heterocycles. The molecule has 3 aromatic heterocycles. The molecule has 4 N–H and O–H groups in total. The number of benzene rings is 2. The lowest BCUT2D eigenvalue weighted by Crippen LogP contribution is -2.34. The van der Waals surface area contributed by atoms with E-state index in [0.29, 0.717) is 54.0 Å². The number of carbonyl (C=O) groups excluding carboxylic acids is 2. The van der Waals surface area contributed by atoms with Crippen molar-refractivity contribution >= 4 is 39.1 Å². The molecule has 0 spiro atoms. The lowest BCUT2D eigenvalue weighted by molar-refractivity contribution is 0.0945. The summed E-state index contributed by atoms with van der Waals surface area (Å²) in [5.74, 6) is 0.817. The molecular formula is C35H36FN5O3S. The SMILES string of the molecule is COc1cccc(CNc2nccc3cc(-c4c(C(N)=O)c(CC(C)C)nc5c4C(=O)NCC5)sc23)c1.Cc1ccc(F)cc1. The number of aryl methyl sites for hydroxylation is 1. The Morgan fingerprint density at radius 1 is 1.13 bits per heavy atom. The number of hydrogen-bond acceptors (Lipinski definition) is 7. The highest BCUT2D eigenvalue weighted by Gasteiger charge is 2.31. The normalized spacial score (nSPS) is 12.3. The number of halogens is 1. The largest absolute Gasteiger partial charge is 0.497 e. The van der Waals surface area contributed by atoms with Gasteiger partial charge in [-0.2, -0.15) is 0 Å². The number of methoxy groups -OCH3 is 1. The van der Waals surface area contributed by atoms with Gasteiger partial charge in [0.1, 0.15) is 17.4 Å². The molecule has 1 aliphatic rings. The van der Waals surface area contributed by atoms with Crippen LogP contribution < -0.4 is 21.1 Å². The number of nitrogens with two attached hydrogens (primary N) is 1. The maximum atomic E-state index is 13.0. The zero-order valence-electron chi connectivity index (χ0n) is 25.7. The molecule has 0 aliphatic carbocycles. The van der Waals surface area contributed by atoms with E-state index in [9.17, 15) is 14.0 Å². The van der Waals surface area contributed by atoms with Gasteiger partial charge in [-0.15, -0.1) is 11.3 Å². The zero-order valence-corrected chi connectivity index (χ0v) is 26.6. The van der Waals surface area contributed by atoms with Crippen LogP contribution in [0.2, 0.25) is 0 Å². The van der Waals surface area contributed by atoms with Gasteiger partial charge in [-0.3, -0.25) is 14.6 Å². The Labute approximate surface area is 265 Å². The minimum atomic E-state index is -0.578. The Morgan fingerprint density at radius 3 is 2.60 bits per heavy atom. The maximum absolute atomic E-state index is 13.0. The summed E-state index contributed by atoms with van der Waals surface area (Å²) in [4.78, 5) is 36.0. The summed E-state index contributed by atoms with van der Waals surface area (Å²) in [7, 11) is 1.65. The quantitative estimate of drug-likeness (QED) is 0.177. The van der Waals surface area contributed by atoms with Crippen LogP contribution in [0.5, 0.6) is 5.75 Å². The Morgan fingerprint density at radius 2 is 1.91 bits per heavy atom. The van der Waals surface area contributed by atoms with Gasteiger partial charge in [-0.05, 0) is 66.6 Å². The number of primary amides is 1. The van der Waals surface area contributed by atoms with Crippen molar-refractivity contribution in [1.29, 1.82) is 0 Å². The first kappa shape index (κ1) is 31.6. The predicted octanol–water partition coefficient (Wildman–Crippen LogP) is 6.70. The summed E-state index contributed by atoms with van der Waals surface area (Å²) in [6, 6.07) is 18.2. The van der Waals surface area contributed by atoms with E-state index in [1.54, 1.807) is 25.4 Å². The average Bonchev–Trinajstić information content (AvgIpc) is 3.46. The smallest absolute Gasteiger partial charge is 0.253 e. The van der Waals surface area contributed by atoms with Gasteiger partial charge in [0, 0.05) is 36.1 Å². The van der Waals surface area contributed by atoms with Crippen molar-refractivity contribution in [2.24, 2.45) is 11.7 Å². The van der Waals surface area contributed by atoms with Crippen LogP contribution in [0.25, 0.3) is 20.5 Å². The minimum Gasteiger partial charge on any atom is -0.497 e. The highest BCUT2D eigenvalue weighted by atomic mass is 32.1. The monoisotopic (exact) mass is 625 g/mol. The molecular weight excluding hydrogens is 589 g/mol. The lowest BCUT2D eigenvalue weighted by Gasteiger charge is -2.23. The van der Waals surface area contributed by atoms with E-state index in [1.807, 2.05) is 43.3 Å². The van der Waals surface area contributed by atoms with Gasteiger partial charge in [0.2, 0.25) is 0 Å². The van der Waals surface area contributed by atoms with E-state index < -0.39 is 5.91 Å². The van der Waals surface area contributed by atoms with E-state index in [2.05, 4.69) is 29.5 Å². The number of pyridine rings is 2. The van der Waals surface area contributed by atoms with E-state index in [-0.39, 0.29) is 17.6 Å². The third-order valence-electron chi connectivity index (χ3n) is 7.35. The van der Waals surface area contributed by atoms with Gasteiger partial charge >= 0.3 is 0 Å². The molecule has 2 amide bonds. The summed E-state index contributed by atoms with van der Waals surface area (Å²) < 4.78 is 18.4. The number of rotatable bonds is 8. The topological polar surface area (TPSA) is 119 Å². The van der Waals surface area contributed by atoms with Gasteiger partial charge in [0.15, 0.2) is 0 Å². The van der Waals surface area contributed by atoms with Crippen molar-refractivity contribution in [1.82, 2.24) is 15.3 Å². The molecule has 2 aromatic carbocycles. The number of nitrogens with zero attached hydrogens (tertiary/aromatic N) is 2. The molecule has 8 nitrogen and oxygen atoms in total. The van der Waals surface area contributed by atoms with Crippen LogP contribution in [0, 0.1) is 18.7 Å². The molecule has 0 saturated carbocycles. The number of nitrogens with one attached hydrogen (secondary N) is 2. The number of anilines is 1. The summed E-state index contributed by atoms with van der Waals surface area (Å²) in [5, 5.41) is 7.30. The number of fused-ring (bicyclic) bond motifs is 2. The highest BCUT2D eigenvalue weighted by Crippen LogP contribution is 2.42. The maximum Gasteiger partial charge on any atom is 0.253 e. The number of aromatic nitrogens is 2. The third-order valence-corrected chi connectivity index (χ3v) is 8.53. The number of thiophene rings is 1. The van der Waals surface area contributed by atoms with E-state index in [4.69, 9.17) is 15.5 Å². The van der Waals surface area contributed by atoms with E-state index >= 15 is 0 Å². The molecule has 5 aromatic rings. The lowest BCUT2D eigenvalue weighted by atomic mass is 9.90. The minimum absolute atomic E-state index is 0.171. The van der Waals surface area contributed by atoms with Crippen LogP contribution in [0.3, 0.4) is 0 Å². The van der Waals surface area contributed by atoms with Crippen LogP contribution >= 0.6 is 11.3 Å². The fraction of sp³-hybridized carbons (Fsp3) is 0.257. The first-order valence-electron chi connectivity index (χ1n) is 14.8.